The summed E-state index contributed by atoms with van der Waals surface area (Å²) in [6, 6.07) is 30.6. The Labute approximate surface area is 162 Å². The van der Waals surface area contributed by atoms with E-state index in [1.54, 1.807) is 0 Å². The largest absolute Gasteiger partial charge is 0.338 e. The normalized spacial score (nSPS) is 11.8. The van der Waals surface area contributed by atoms with Crippen molar-refractivity contribution in [3.8, 4) is 0 Å². The maximum atomic E-state index is 13.1. The van der Waals surface area contributed by atoms with Gasteiger partial charge in [-0.1, -0.05) is 112 Å². The van der Waals surface area contributed by atoms with Crippen LogP contribution in [0.15, 0.2) is 91.0 Å². The number of carbonyl (C=O) groups is 1. The average Bonchev–Trinajstić information content (AvgIpc) is 2.67. The summed E-state index contributed by atoms with van der Waals surface area (Å²) >= 11 is 0. The zero-order valence-corrected chi connectivity index (χ0v) is 16.3. The first-order valence-corrected chi connectivity index (χ1v) is 9.39. The molecule has 0 saturated carbocycles. The first-order chi connectivity index (χ1) is 12.9. The van der Waals surface area contributed by atoms with Gasteiger partial charge in [-0.05, 0) is 22.1 Å². The van der Waals surface area contributed by atoms with Gasteiger partial charge in [0.05, 0.1) is 0 Å². The Morgan fingerprint density at radius 1 is 0.667 bits per heavy atom. The van der Waals surface area contributed by atoms with E-state index in [-0.39, 0.29) is 11.3 Å². The van der Waals surface area contributed by atoms with Gasteiger partial charge >= 0.3 is 0 Å². The quantitative estimate of drug-likeness (QED) is 0.598. The van der Waals surface area contributed by atoms with Gasteiger partial charge in [0.15, 0.2) is 0 Å². The standard InChI is InChI=1S/C25H27NO/c1-24(2,3)19-23(27)26-25(20-13-7-4-8-14-20,21-15-9-5-10-16-21)22-17-11-6-12-18-22/h4-18H,19H2,1-3H3,(H,26,27). The molecule has 0 aliphatic carbocycles. The Morgan fingerprint density at radius 3 is 1.30 bits per heavy atom. The molecule has 27 heavy (non-hydrogen) atoms. The van der Waals surface area contributed by atoms with Gasteiger partial charge in [0.1, 0.15) is 5.54 Å². The molecular formula is C25H27NO. The van der Waals surface area contributed by atoms with E-state index in [9.17, 15) is 4.79 Å². The summed E-state index contributed by atoms with van der Waals surface area (Å²) in [7, 11) is 0. The third kappa shape index (κ3) is 4.28. The van der Waals surface area contributed by atoms with Crippen LogP contribution in [-0.2, 0) is 10.3 Å². The van der Waals surface area contributed by atoms with E-state index in [1.807, 2.05) is 54.6 Å². The van der Waals surface area contributed by atoms with Crippen molar-refractivity contribution < 1.29 is 4.79 Å². The smallest absolute Gasteiger partial charge is 0.221 e. The van der Waals surface area contributed by atoms with Crippen molar-refractivity contribution in [2.24, 2.45) is 5.41 Å². The van der Waals surface area contributed by atoms with Crippen LogP contribution >= 0.6 is 0 Å². The zero-order chi connectivity index (χ0) is 19.3. The van der Waals surface area contributed by atoms with Gasteiger partial charge in [-0.15, -0.1) is 0 Å². The number of hydrogen-bond acceptors (Lipinski definition) is 1. The van der Waals surface area contributed by atoms with E-state index in [4.69, 9.17) is 0 Å². The van der Waals surface area contributed by atoms with Crippen LogP contribution in [0.2, 0.25) is 0 Å². The molecule has 138 valence electrons. The first kappa shape index (κ1) is 18.9. The molecule has 3 rings (SSSR count). The van der Waals surface area contributed by atoms with Gasteiger partial charge in [-0.2, -0.15) is 0 Å². The van der Waals surface area contributed by atoms with E-state index in [0.717, 1.165) is 16.7 Å². The first-order valence-electron chi connectivity index (χ1n) is 9.39. The number of rotatable bonds is 5. The van der Waals surface area contributed by atoms with Crippen LogP contribution in [-0.4, -0.2) is 5.91 Å². The molecule has 0 spiro atoms. The molecule has 3 aromatic rings. The lowest BCUT2D eigenvalue weighted by Crippen LogP contribution is -2.48. The Hall–Kier alpha value is -2.87. The molecule has 0 aromatic heterocycles. The Bertz CT molecular complexity index is 768. The van der Waals surface area contributed by atoms with Crippen molar-refractivity contribution in [3.05, 3.63) is 108 Å². The Morgan fingerprint density at radius 2 is 1.00 bits per heavy atom. The average molecular weight is 357 g/mol. The Balaban J connectivity index is 2.21. The fraction of sp³-hybridized carbons (Fsp3) is 0.240. The number of carbonyl (C=O) groups excluding carboxylic acids is 1. The monoisotopic (exact) mass is 357 g/mol. The molecule has 3 aromatic carbocycles. The van der Waals surface area contributed by atoms with E-state index in [2.05, 4.69) is 62.5 Å². The van der Waals surface area contributed by atoms with Crippen molar-refractivity contribution >= 4 is 5.91 Å². The summed E-state index contributed by atoms with van der Waals surface area (Å²) in [5.41, 5.74) is 2.32. The third-order valence-corrected chi connectivity index (χ3v) is 4.64. The van der Waals surface area contributed by atoms with Gasteiger partial charge in [-0.25, -0.2) is 0 Å². The van der Waals surface area contributed by atoms with Crippen molar-refractivity contribution in [2.75, 3.05) is 0 Å². The second-order valence-corrected chi connectivity index (χ2v) is 8.13. The molecule has 2 heteroatoms. The van der Waals surface area contributed by atoms with Crippen LogP contribution in [0.25, 0.3) is 0 Å². The molecule has 0 atom stereocenters. The van der Waals surface area contributed by atoms with E-state index >= 15 is 0 Å². The predicted molar refractivity (Wildman–Crippen MR) is 111 cm³/mol. The maximum Gasteiger partial charge on any atom is 0.221 e. The molecule has 0 bridgehead atoms. The lowest BCUT2D eigenvalue weighted by Gasteiger charge is -2.37. The highest BCUT2D eigenvalue weighted by molar-refractivity contribution is 5.79. The van der Waals surface area contributed by atoms with Crippen molar-refractivity contribution in [3.63, 3.8) is 0 Å². The molecule has 0 saturated heterocycles. The van der Waals surface area contributed by atoms with Crippen LogP contribution in [0.5, 0.6) is 0 Å². The fourth-order valence-corrected chi connectivity index (χ4v) is 3.52. The van der Waals surface area contributed by atoms with Gasteiger partial charge in [0.25, 0.3) is 0 Å². The highest BCUT2D eigenvalue weighted by Gasteiger charge is 2.38. The maximum absolute atomic E-state index is 13.1. The fourth-order valence-electron chi connectivity index (χ4n) is 3.52. The van der Waals surface area contributed by atoms with Crippen molar-refractivity contribution in [2.45, 2.75) is 32.7 Å². The van der Waals surface area contributed by atoms with Gasteiger partial charge in [0, 0.05) is 6.42 Å². The van der Waals surface area contributed by atoms with E-state index in [0.29, 0.717) is 6.42 Å². The van der Waals surface area contributed by atoms with Crippen molar-refractivity contribution in [1.29, 1.82) is 0 Å². The number of nitrogens with one attached hydrogen (secondary N) is 1. The number of hydrogen-bond donors (Lipinski definition) is 1. The number of amides is 1. The van der Waals surface area contributed by atoms with E-state index in [1.165, 1.54) is 0 Å². The second kappa shape index (κ2) is 7.79. The number of benzene rings is 3. The topological polar surface area (TPSA) is 29.1 Å². The molecule has 0 unspecified atom stereocenters. The van der Waals surface area contributed by atoms with E-state index < -0.39 is 5.54 Å². The second-order valence-electron chi connectivity index (χ2n) is 8.13. The van der Waals surface area contributed by atoms with Crippen LogP contribution in [0.3, 0.4) is 0 Å². The van der Waals surface area contributed by atoms with Crippen LogP contribution in [0.4, 0.5) is 0 Å². The summed E-state index contributed by atoms with van der Waals surface area (Å²) in [6.45, 7) is 6.26. The summed E-state index contributed by atoms with van der Waals surface area (Å²) in [6.07, 6.45) is 0.460. The molecule has 1 amide bonds. The van der Waals surface area contributed by atoms with Gasteiger partial charge in [0.2, 0.25) is 5.91 Å². The molecule has 0 fully saturated rings. The molecule has 0 radical (unpaired) electrons. The minimum atomic E-state index is -0.730. The minimum absolute atomic E-state index is 0.0408. The van der Waals surface area contributed by atoms with Crippen LogP contribution in [0.1, 0.15) is 43.9 Å². The SMILES string of the molecule is CC(C)(C)CC(=O)NC(c1ccccc1)(c1ccccc1)c1ccccc1. The molecule has 0 aliphatic heterocycles. The third-order valence-electron chi connectivity index (χ3n) is 4.64. The molecule has 2 nitrogen and oxygen atoms in total. The molecular weight excluding hydrogens is 330 g/mol. The zero-order valence-electron chi connectivity index (χ0n) is 16.3. The van der Waals surface area contributed by atoms with Crippen LogP contribution in [0, 0.1) is 5.41 Å². The summed E-state index contributed by atoms with van der Waals surface area (Å²) in [4.78, 5) is 13.1. The minimum Gasteiger partial charge on any atom is -0.338 e. The predicted octanol–water partition coefficient (Wildman–Crippen LogP) is 5.53. The Kier molecular flexibility index (Phi) is 5.46. The summed E-state index contributed by atoms with van der Waals surface area (Å²) in [5.74, 6) is 0.0408. The van der Waals surface area contributed by atoms with Crippen LogP contribution < -0.4 is 5.32 Å². The molecule has 0 aliphatic rings. The van der Waals surface area contributed by atoms with Gasteiger partial charge < -0.3 is 5.32 Å². The summed E-state index contributed by atoms with van der Waals surface area (Å²) < 4.78 is 0. The lowest BCUT2D eigenvalue weighted by molar-refractivity contribution is -0.124. The molecule has 0 heterocycles. The highest BCUT2D eigenvalue weighted by atomic mass is 16.1. The lowest BCUT2D eigenvalue weighted by atomic mass is 9.76. The summed E-state index contributed by atoms with van der Waals surface area (Å²) in [5, 5.41) is 3.40. The van der Waals surface area contributed by atoms with Crippen molar-refractivity contribution in [1.82, 2.24) is 5.32 Å². The van der Waals surface area contributed by atoms with Gasteiger partial charge in [-0.3, -0.25) is 4.79 Å². The molecule has 1 N–H and O–H groups in total. The highest BCUT2D eigenvalue weighted by Crippen LogP contribution is 2.37.